The second-order valence-corrected chi connectivity index (χ2v) is 9.21. The van der Waals surface area contributed by atoms with Crippen molar-refractivity contribution in [1.29, 1.82) is 0 Å². The first-order chi connectivity index (χ1) is 14.2. The zero-order valence-electron chi connectivity index (χ0n) is 18.4. The Morgan fingerprint density at radius 2 is 2.20 bits per heavy atom. The number of allylic oxidation sites excluding steroid dienone is 3. The summed E-state index contributed by atoms with van der Waals surface area (Å²) in [5.41, 5.74) is 5.70. The molecule has 0 bridgehead atoms. The predicted molar refractivity (Wildman–Crippen MR) is 121 cm³/mol. The largest absolute Gasteiger partial charge is 0.327 e. The molecule has 30 heavy (non-hydrogen) atoms. The molecule has 6 heteroatoms. The third-order valence-corrected chi connectivity index (χ3v) is 5.32. The van der Waals surface area contributed by atoms with Crippen molar-refractivity contribution in [3.8, 4) is 0 Å². The number of benzene rings is 1. The molecule has 1 amide bonds. The molecular formula is C24H32N4O2. The molecule has 0 fully saturated rings. The zero-order valence-corrected chi connectivity index (χ0v) is 18.4. The van der Waals surface area contributed by atoms with Crippen LogP contribution in [0.25, 0.3) is 17.1 Å². The summed E-state index contributed by atoms with van der Waals surface area (Å²) in [5, 5.41) is 8.68. The van der Waals surface area contributed by atoms with Crippen LogP contribution in [0.15, 0.2) is 48.6 Å². The molecule has 3 rings (SSSR count). The minimum Gasteiger partial charge on any atom is -0.327 e. The van der Waals surface area contributed by atoms with E-state index < -0.39 is 5.91 Å². The molecule has 1 unspecified atom stereocenters. The second-order valence-electron chi connectivity index (χ2n) is 9.21. The Balaban J connectivity index is 2.04. The number of nitrogens with zero attached hydrogens (tertiary/aromatic N) is 3. The fourth-order valence-electron chi connectivity index (χ4n) is 4.35. The number of aromatic nitrogens is 2. The molecule has 2 aromatic rings. The monoisotopic (exact) mass is 408 g/mol. The first-order valence-electron chi connectivity index (χ1n) is 10.3. The molecule has 0 aliphatic heterocycles. The highest BCUT2D eigenvalue weighted by molar-refractivity contribution is 5.91. The van der Waals surface area contributed by atoms with Gasteiger partial charge in [-0.25, -0.2) is 10.5 Å². The fraction of sp³-hybridized carbons (Fsp3) is 0.417. The topological polar surface area (TPSA) is 70.4 Å². The predicted octanol–water partition coefficient (Wildman–Crippen LogP) is 4.13. The molecule has 0 saturated heterocycles. The van der Waals surface area contributed by atoms with Crippen LogP contribution in [0.3, 0.4) is 0 Å². The Morgan fingerprint density at radius 1 is 1.43 bits per heavy atom. The van der Waals surface area contributed by atoms with Gasteiger partial charge in [0.15, 0.2) is 0 Å². The van der Waals surface area contributed by atoms with Gasteiger partial charge in [-0.3, -0.25) is 10.0 Å². The van der Waals surface area contributed by atoms with E-state index in [1.54, 1.807) is 11.6 Å². The maximum atomic E-state index is 11.3. The van der Waals surface area contributed by atoms with E-state index in [-0.39, 0.29) is 5.41 Å². The summed E-state index contributed by atoms with van der Waals surface area (Å²) < 4.78 is 2.36. The number of nitrogens with one attached hydrogen (secondary N) is 1. The van der Waals surface area contributed by atoms with Gasteiger partial charge in [0.1, 0.15) is 5.82 Å². The number of hydrogen-bond acceptors (Lipinski definition) is 4. The quantitative estimate of drug-likeness (QED) is 0.411. The van der Waals surface area contributed by atoms with Crippen LogP contribution in [-0.4, -0.2) is 46.2 Å². The minimum absolute atomic E-state index is 0.0746. The summed E-state index contributed by atoms with van der Waals surface area (Å²) in [6, 6.07) is 6.04. The van der Waals surface area contributed by atoms with Gasteiger partial charge < -0.3 is 9.47 Å². The lowest BCUT2D eigenvalue weighted by molar-refractivity contribution is -0.124. The van der Waals surface area contributed by atoms with Crippen LogP contribution in [-0.2, 0) is 11.3 Å². The van der Waals surface area contributed by atoms with Crippen LogP contribution in [0.1, 0.15) is 44.0 Å². The van der Waals surface area contributed by atoms with Gasteiger partial charge in [-0.05, 0) is 56.1 Å². The van der Waals surface area contributed by atoms with Gasteiger partial charge in [-0.15, -0.1) is 0 Å². The molecule has 1 atom stereocenters. The molecule has 0 radical (unpaired) electrons. The minimum atomic E-state index is -0.556. The molecule has 160 valence electrons. The fourth-order valence-corrected chi connectivity index (χ4v) is 4.35. The van der Waals surface area contributed by atoms with Crippen LogP contribution in [0.4, 0.5) is 0 Å². The van der Waals surface area contributed by atoms with Crippen LogP contribution < -0.4 is 5.48 Å². The molecule has 2 N–H and O–H groups in total. The standard InChI is InChI=1S/C24H32N4O2/c1-17-7-6-8-19(13-17)23-25-20-14-18(10-12-22(29)26-30)9-11-21(20)28(23)16-24(2,3)15-27(4)5/h6-7,9-12,14,19,30H,1,8,13,15-16H2,2-5H3,(H,26,29)/b12-10+. The number of fused-ring (bicyclic) bond motifs is 1. The highest BCUT2D eigenvalue weighted by atomic mass is 16.5. The number of carbonyl (C=O) groups is 1. The number of carbonyl (C=O) groups excluding carboxylic acids is 1. The van der Waals surface area contributed by atoms with E-state index in [2.05, 4.69) is 62.2 Å². The molecule has 0 saturated carbocycles. The van der Waals surface area contributed by atoms with Crippen molar-refractivity contribution in [3.05, 3.63) is 60.0 Å². The van der Waals surface area contributed by atoms with E-state index in [1.165, 1.54) is 6.08 Å². The van der Waals surface area contributed by atoms with Gasteiger partial charge in [0.05, 0.1) is 11.0 Å². The molecule has 1 aromatic heterocycles. The van der Waals surface area contributed by atoms with Crippen molar-refractivity contribution >= 4 is 23.0 Å². The highest BCUT2D eigenvalue weighted by Crippen LogP contribution is 2.35. The van der Waals surface area contributed by atoms with Crippen LogP contribution in [0.5, 0.6) is 0 Å². The van der Waals surface area contributed by atoms with Gasteiger partial charge >= 0.3 is 0 Å². The van der Waals surface area contributed by atoms with E-state index in [0.717, 1.165) is 53.9 Å². The Kier molecular flexibility index (Phi) is 6.58. The van der Waals surface area contributed by atoms with Crippen molar-refractivity contribution in [2.45, 2.75) is 39.2 Å². The summed E-state index contributed by atoms with van der Waals surface area (Å²) in [6.07, 6.45) is 9.14. The number of rotatable bonds is 7. The Labute approximate surface area is 178 Å². The van der Waals surface area contributed by atoms with E-state index in [4.69, 9.17) is 10.2 Å². The third-order valence-electron chi connectivity index (χ3n) is 5.32. The van der Waals surface area contributed by atoms with Gasteiger partial charge in [0.2, 0.25) is 0 Å². The average Bonchev–Trinajstić information content (AvgIpc) is 3.02. The molecule has 1 aromatic carbocycles. The zero-order chi connectivity index (χ0) is 21.9. The first kappa shape index (κ1) is 22.0. The maximum absolute atomic E-state index is 11.3. The lowest BCUT2D eigenvalue weighted by Gasteiger charge is -2.31. The smallest absolute Gasteiger partial charge is 0.267 e. The lowest BCUT2D eigenvalue weighted by atomic mass is 9.89. The number of hydroxylamine groups is 1. The van der Waals surface area contributed by atoms with Crippen LogP contribution in [0, 0.1) is 5.41 Å². The van der Waals surface area contributed by atoms with E-state index in [9.17, 15) is 4.79 Å². The van der Waals surface area contributed by atoms with E-state index in [0.29, 0.717) is 5.92 Å². The number of hydrogen-bond donors (Lipinski definition) is 2. The lowest BCUT2D eigenvalue weighted by Crippen LogP contribution is -2.33. The molecule has 0 spiro atoms. The van der Waals surface area contributed by atoms with Gasteiger partial charge in [0.25, 0.3) is 5.91 Å². The summed E-state index contributed by atoms with van der Waals surface area (Å²) in [6.45, 7) is 10.6. The molecule has 1 heterocycles. The summed E-state index contributed by atoms with van der Waals surface area (Å²) in [4.78, 5) is 18.6. The molecule has 1 aliphatic rings. The van der Waals surface area contributed by atoms with E-state index in [1.807, 2.05) is 12.1 Å². The van der Waals surface area contributed by atoms with Gasteiger partial charge in [-0.1, -0.05) is 44.2 Å². The van der Waals surface area contributed by atoms with Gasteiger partial charge in [0, 0.05) is 25.1 Å². The Hall–Kier alpha value is -2.70. The van der Waals surface area contributed by atoms with Crippen LogP contribution in [0.2, 0.25) is 0 Å². The third kappa shape index (κ3) is 5.26. The van der Waals surface area contributed by atoms with E-state index >= 15 is 0 Å². The second kappa shape index (κ2) is 8.98. The SMILES string of the molecule is C=C1C=CCC(c2nc3cc(/C=C/C(=O)NO)ccc3n2CC(C)(C)CN(C)C)C1. The first-order valence-corrected chi connectivity index (χ1v) is 10.3. The van der Waals surface area contributed by atoms with Crippen molar-refractivity contribution in [2.75, 3.05) is 20.6 Å². The van der Waals surface area contributed by atoms with Crippen molar-refractivity contribution in [3.63, 3.8) is 0 Å². The summed E-state index contributed by atoms with van der Waals surface area (Å²) in [7, 11) is 4.21. The Morgan fingerprint density at radius 3 is 2.87 bits per heavy atom. The van der Waals surface area contributed by atoms with Crippen molar-refractivity contribution < 1.29 is 10.0 Å². The number of amides is 1. The molecule has 1 aliphatic carbocycles. The number of imidazole rings is 1. The molecule has 6 nitrogen and oxygen atoms in total. The molecular weight excluding hydrogens is 376 g/mol. The van der Waals surface area contributed by atoms with Crippen molar-refractivity contribution in [2.24, 2.45) is 5.41 Å². The normalized spacial score (nSPS) is 17.4. The van der Waals surface area contributed by atoms with Crippen LogP contribution >= 0.6 is 0 Å². The Bertz CT molecular complexity index is 998. The summed E-state index contributed by atoms with van der Waals surface area (Å²) >= 11 is 0. The van der Waals surface area contributed by atoms with Gasteiger partial charge in [-0.2, -0.15) is 0 Å². The average molecular weight is 409 g/mol. The van der Waals surface area contributed by atoms with Crippen molar-refractivity contribution in [1.82, 2.24) is 19.9 Å². The highest BCUT2D eigenvalue weighted by Gasteiger charge is 2.27. The maximum Gasteiger partial charge on any atom is 0.267 e. The summed E-state index contributed by atoms with van der Waals surface area (Å²) in [5.74, 6) is 0.847.